The number of aryl methyl sites for hydroxylation is 1. The molecule has 0 aromatic heterocycles. The SMILES string of the molecule is CCOc1cc(/C=C(\C#N)C(=O)Nc2ccccc2C)cc(Cl)c1Oc1ccc([N+](=O)[O-])cc1[N+](=O)[O-]. The number of hydrogen-bond donors (Lipinski definition) is 1. The molecule has 1 N–H and O–H groups in total. The van der Waals surface area contributed by atoms with E-state index in [1.165, 1.54) is 18.2 Å². The third-order valence-corrected chi connectivity index (χ3v) is 5.24. The quantitative estimate of drug-likeness (QED) is 0.150. The molecule has 12 heteroatoms. The first kappa shape index (κ1) is 26.7. The normalized spacial score (nSPS) is 10.8. The molecule has 1 amide bonds. The second kappa shape index (κ2) is 11.7. The lowest BCUT2D eigenvalue weighted by Gasteiger charge is -2.14. The monoisotopic (exact) mass is 522 g/mol. The Morgan fingerprint density at radius 1 is 1.11 bits per heavy atom. The molecule has 0 radical (unpaired) electrons. The molecule has 0 saturated carbocycles. The van der Waals surface area contributed by atoms with Gasteiger partial charge in [0, 0.05) is 11.8 Å². The van der Waals surface area contributed by atoms with Crippen molar-refractivity contribution in [3.63, 3.8) is 0 Å². The van der Waals surface area contributed by atoms with Crippen molar-refractivity contribution in [1.29, 1.82) is 5.26 Å². The van der Waals surface area contributed by atoms with Crippen LogP contribution in [0.4, 0.5) is 17.1 Å². The summed E-state index contributed by atoms with van der Waals surface area (Å²) in [5, 5.41) is 34.7. The molecule has 0 aliphatic carbocycles. The summed E-state index contributed by atoms with van der Waals surface area (Å²) in [6, 6.07) is 14.7. The van der Waals surface area contributed by atoms with E-state index in [0.29, 0.717) is 11.3 Å². The molecule has 3 aromatic rings. The van der Waals surface area contributed by atoms with Crippen LogP contribution in [0.1, 0.15) is 18.1 Å². The van der Waals surface area contributed by atoms with E-state index in [1.54, 1.807) is 19.1 Å². The second-order valence-electron chi connectivity index (χ2n) is 7.47. The highest BCUT2D eigenvalue weighted by molar-refractivity contribution is 6.32. The minimum Gasteiger partial charge on any atom is -0.490 e. The summed E-state index contributed by atoms with van der Waals surface area (Å²) in [6.45, 7) is 3.67. The summed E-state index contributed by atoms with van der Waals surface area (Å²) < 4.78 is 11.2. The van der Waals surface area contributed by atoms with E-state index >= 15 is 0 Å². The molecule has 37 heavy (non-hydrogen) atoms. The minimum absolute atomic E-state index is 0.0403. The van der Waals surface area contributed by atoms with Crippen molar-refractivity contribution in [1.82, 2.24) is 0 Å². The number of anilines is 1. The largest absolute Gasteiger partial charge is 0.490 e. The van der Waals surface area contributed by atoms with Gasteiger partial charge >= 0.3 is 5.69 Å². The maximum atomic E-state index is 12.7. The molecule has 0 saturated heterocycles. The topological polar surface area (TPSA) is 158 Å². The number of halogens is 1. The fraction of sp³-hybridized carbons (Fsp3) is 0.120. The third kappa shape index (κ3) is 6.39. The van der Waals surface area contributed by atoms with Crippen molar-refractivity contribution in [2.45, 2.75) is 13.8 Å². The van der Waals surface area contributed by atoms with Gasteiger partial charge in [-0.05, 0) is 55.3 Å². The number of nitrogens with one attached hydrogen (secondary N) is 1. The van der Waals surface area contributed by atoms with Gasteiger partial charge < -0.3 is 14.8 Å². The van der Waals surface area contributed by atoms with Gasteiger partial charge in [-0.3, -0.25) is 25.0 Å². The number of nitriles is 1. The summed E-state index contributed by atoms with van der Waals surface area (Å²) >= 11 is 6.39. The molecule has 0 atom stereocenters. The van der Waals surface area contributed by atoms with Crippen LogP contribution in [-0.4, -0.2) is 22.4 Å². The van der Waals surface area contributed by atoms with Gasteiger partial charge in [0.1, 0.15) is 11.6 Å². The van der Waals surface area contributed by atoms with Crippen LogP contribution >= 0.6 is 11.6 Å². The van der Waals surface area contributed by atoms with E-state index < -0.39 is 27.1 Å². The Morgan fingerprint density at radius 2 is 1.84 bits per heavy atom. The number of benzene rings is 3. The second-order valence-corrected chi connectivity index (χ2v) is 7.88. The Hall–Kier alpha value is -4.95. The number of rotatable bonds is 9. The highest BCUT2D eigenvalue weighted by Crippen LogP contribution is 2.43. The Labute approximate surface area is 215 Å². The number of para-hydroxylation sites is 1. The summed E-state index contributed by atoms with van der Waals surface area (Å²) in [5.74, 6) is -0.934. The van der Waals surface area contributed by atoms with Crippen LogP contribution in [-0.2, 0) is 4.79 Å². The fourth-order valence-corrected chi connectivity index (χ4v) is 3.47. The lowest BCUT2D eigenvalue weighted by atomic mass is 10.1. The van der Waals surface area contributed by atoms with E-state index in [2.05, 4.69) is 5.32 Å². The van der Waals surface area contributed by atoms with Gasteiger partial charge in [0.2, 0.25) is 5.75 Å². The summed E-state index contributed by atoms with van der Waals surface area (Å²) in [5.41, 5.74) is 0.365. The van der Waals surface area contributed by atoms with Crippen LogP contribution < -0.4 is 14.8 Å². The number of nitro benzene ring substituents is 2. The van der Waals surface area contributed by atoms with Gasteiger partial charge in [-0.25, -0.2) is 0 Å². The van der Waals surface area contributed by atoms with Crippen LogP contribution in [0.2, 0.25) is 5.02 Å². The number of nitro groups is 2. The molecule has 0 fully saturated rings. The number of amides is 1. The van der Waals surface area contributed by atoms with Crippen molar-refractivity contribution in [3.05, 3.63) is 96.5 Å². The number of carbonyl (C=O) groups excluding carboxylic acids is 1. The van der Waals surface area contributed by atoms with Gasteiger partial charge in [0.15, 0.2) is 11.5 Å². The molecule has 188 valence electrons. The standard InChI is InChI=1S/C25H19ClN4O7/c1-3-36-23-12-16(10-17(14-27)25(31)28-20-7-5-4-6-15(20)2)11-19(26)24(23)37-22-9-8-18(29(32)33)13-21(22)30(34)35/h4-13H,3H2,1-2H3,(H,28,31)/b17-10+. The molecule has 0 bridgehead atoms. The molecular formula is C25H19ClN4O7. The minimum atomic E-state index is -0.819. The number of carbonyl (C=O) groups is 1. The third-order valence-electron chi connectivity index (χ3n) is 4.96. The number of ether oxygens (including phenoxy) is 2. The Kier molecular flexibility index (Phi) is 8.39. The Balaban J connectivity index is 1.99. The Morgan fingerprint density at radius 3 is 2.46 bits per heavy atom. The van der Waals surface area contributed by atoms with Gasteiger partial charge in [-0.15, -0.1) is 0 Å². The van der Waals surface area contributed by atoms with Gasteiger partial charge in [0.25, 0.3) is 11.6 Å². The molecule has 0 aliphatic rings. The van der Waals surface area contributed by atoms with Crippen LogP contribution in [0, 0.1) is 38.5 Å². The maximum Gasteiger partial charge on any atom is 0.318 e. The summed E-state index contributed by atoms with van der Waals surface area (Å²) in [6.07, 6.45) is 1.31. The number of hydrogen-bond acceptors (Lipinski definition) is 8. The zero-order chi connectivity index (χ0) is 27.1. The highest BCUT2D eigenvalue weighted by Gasteiger charge is 2.24. The molecule has 0 unspecified atom stereocenters. The van der Waals surface area contributed by atoms with Gasteiger partial charge in [0.05, 0.1) is 27.5 Å². The number of non-ortho nitro benzene ring substituents is 1. The maximum absolute atomic E-state index is 12.7. The molecule has 3 aromatic carbocycles. The lowest BCUT2D eigenvalue weighted by molar-refractivity contribution is -0.394. The molecule has 0 spiro atoms. The van der Waals surface area contributed by atoms with E-state index in [4.69, 9.17) is 21.1 Å². The average Bonchev–Trinajstić information content (AvgIpc) is 2.86. The van der Waals surface area contributed by atoms with Crippen LogP contribution in [0.25, 0.3) is 6.08 Å². The van der Waals surface area contributed by atoms with E-state index in [-0.39, 0.29) is 34.5 Å². The summed E-state index contributed by atoms with van der Waals surface area (Å²) in [4.78, 5) is 33.6. The molecule has 0 heterocycles. The summed E-state index contributed by atoms with van der Waals surface area (Å²) in [7, 11) is 0. The van der Waals surface area contributed by atoms with Crippen molar-refractivity contribution in [3.8, 4) is 23.3 Å². The van der Waals surface area contributed by atoms with E-state index in [0.717, 1.165) is 23.8 Å². The highest BCUT2D eigenvalue weighted by atomic mass is 35.5. The smallest absolute Gasteiger partial charge is 0.318 e. The first-order chi connectivity index (χ1) is 17.6. The van der Waals surface area contributed by atoms with Crippen molar-refractivity contribution >= 4 is 40.6 Å². The first-order valence-corrected chi connectivity index (χ1v) is 11.1. The zero-order valence-electron chi connectivity index (χ0n) is 19.6. The van der Waals surface area contributed by atoms with E-state index in [1.807, 2.05) is 25.1 Å². The van der Waals surface area contributed by atoms with Crippen molar-refractivity contribution in [2.75, 3.05) is 11.9 Å². The predicted molar refractivity (Wildman–Crippen MR) is 136 cm³/mol. The Bertz CT molecular complexity index is 1460. The first-order valence-electron chi connectivity index (χ1n) is 10.7. The number of nitrogens with zero attached hydrogens (tertiary/aromatic N) is 3. The van der Waals surface area contributed by atoms with Crippen molar-refractivity contribution in [2.24, 2.45) is 0 Å². The molecule has 11 nitrogen and oxygen atoms in total. The van der Waals surface area contributed by atoms with Crippen LogP contribution in [0.5, 0.6) is 17.2 Å². The van der Waals surface area contributed by atoms with E-state index in [9.17, 15) is 30.3 Å². The predicted octanol–water partition coefficient (Wildman–Crippen LogP) is 6.20. The lowest BCUT2D eigenvalue weighted by Crippen LogP contribution is -2.14. The average molecular weight is 523 g/mol. The molecule has 0 aliphatic heterocycles. The molecule has 3 rings (SSSR count). The van der Waals surface area contributed by atoms with Crippen molar-refractivity contribution < 1.29 is 24.1 Å². The van der Waals surface area contributed by atoms with Crippen LogP contribution in [0.15, 0.2) is 60.2 Å². The zero-order valence-corrected chi connectivity index (χ0v) is 20.3. The van der Waals surface area contributed by atoms with Gasteiger partial charge in [-0.1, -0.05) is 29.8 Å². The van der Waals surface area contributed by atoms with Gasteiger partial charge in [-0.2, -0.15) is 5.26 Å². The molecular weight excluding hydrogens is 504 g/mol. The van der Waals surface area contributed by atoms with Crippen LogP contribution in [0.3, 0.4) is 0 Å². The fourth-order valence-electron chi connectivity index (χ4n) is 3.21.